The second kappa shape index (κ2) is 4.63. The number of amides is 1. The Balaban J connectivity index is 1.61. The minimum absolute atomic E-state index is 0.0737. The third-order valence-electron chi connectivity index (χ3n) is 4.18. The van der Waals surface area contributed by atoms with Gasteiger partial charge in [0.1, 0.15) is 0 Å². The van der Waals surface area contributed by atoms with Gasteiger partial charge in [-0.1, -0.05) is 12.8 Å². The topological polar surface area (TPSA) is 68.0 Å². The molecule has 0 spiro atoms. The zero-order valence-electron chi connectivity index (χ0n) is 10.6. The lowest BCUT2D eigenvalue weighted by Gasteiger charge is -2.04. The molecule has 1 amide bonds. The van der Waals surface area contributed by atoms with Gasteiger partial charge in [-0.3, -0.25) is 4.79 Å². The Morgan fingerprint density at radius 3 is 2.72 bits per heavy atom. The maximum Gasteiger partial charge on any atom is 0.229 e. The molecule has 1 heterocycles. The van der Waals surface area contributed by atoms with Crippen molar-refractivity contribution < 1.29 is 4.79 Å². The number of nitrogens with one attached hydrogen (secondary N) is 1. The van der Waals surface area contributed by atoms with Gasteiger partial charge in [0.2, 0.25) is 5.91 Å². The van der Waals surface area contributed by atoms with Gasteiger partial charge in [-0.25, -0.2) is 4.98 Å². The van der Waals surface area contributed by atoms with Crippen molar-refractivity contribution in [3.8, 4) is 0 Å². The minimum atomic E-state index is -0.0737. The number of anilines is 1. The molecule has 0 aliphatic heterocycles. The van der Waals surface area contributed by atoms with Gasteiger partial charge in [-0.15, -0.1) is 11.3 Å². The third-order valence-corrected chi connectivity index (χ3v) is 4.95. The fourth-order valence-electron chi connectivity index (χ4n) is 3.12. The van der Waals surface area contributed by atoms with E-state index in [0.29, 0.717) is 17.0 Å². The molecule has 18 heavy (non-hydrogen) atoms. The number of nitrogens with two attached hydrogens (primary N) is 1. The first kappa shape index (κ1) is 12.1. The van der Waals surface area contributed by atoms with Crippen molar-refractivity contribution in [2.45, 2.75) is 38.6 Å². The van der Waals surface area contributed by atoms with Crippen LogP contribution >= 0.6 is 11.3 Å². The number of aromatic nitrogens is 1. The standard InChI is InChI=1S/C13H19N3OS/c1-7(14)10-6-18-13(15-10)16-12(17)11-8-4-2-3-5-9(8)11/h6-9,11H,2-5,14H2,1H3,(H,15,16,17). The van der Waals surface area contributed by atoms with Crippen LogP contribution in [-0.2, 0) is 4.79 Å². The van der Waals surface area contributed by atoms with E-state index >= 15 is 0 Å². The first-order valence-electron chi connectivity index (χ1n) is 6.68. The molecule has 3 N–H and O–H groups in total. The molecule has 2 fully saturated rings. The molecule has 2 saturated carbocycles. The van der Waals surface area contributed by atoms with E-state index < -0.39 is 0 Å². The number of hydrogen-bond acceptors (Lipinski definition) is 4. The molecule has 3 atom stereocenters. The predicted octanol–water partition coefficient (Wildman–Crippen LogP) is 2.54. The Bertz CT molecular complexity index is 445. The van der Waals surface area contributed by atoms with Crippen molar-refractivity contribution in [2.24, 2.45) is 23.5 Å². The summed E-state index contributed by atoms with van der Waals surface area (Å²) in [5.74, 6) is 1.70. The van der Waals surface area contributed by atoms with Gasteiger partial charge in [0, 0.05) is 17.3 Å². The Kier molecular flexibility index (Phi) is 3.11. The summed E-state index contributed by atoms with van der Waals surface area (Å²) in [5, 5.41) is 5.56. The lowest BCUT2D eigenvalue weighted by molar-refractivity contribution is -0.117. The second-order valence-corrected chi connectivity index (χ2v) is 6.35. The van der Waals surface area contributed by atoms with Gasteiger partial charge >= 0.3 is 0 Å². The summed E-state index contributed by atoms with van der Waals surface area (Å²) in [6.45, 7) is 1.90. The fourth-order valence-corrected chi connectivity index (χ4v) is 3.94. The lowest BCUT2D eigenvalue weighted by atomic mass is 10.0. The van der Waals surface area contributed by atoms with Crippen molar-refractivity contribution in [1.29, 1.82) is 0 Å². The highest BCUT2D eigenvalue weighted by molar-refractivity contribution is 7.13. The van der Waals surface area contributed by atoms with Crippen LogP contribution in [0, 0.1) is 17.8 Å². The Hall–Kier alpha value is -0.940. The summed E-state index contributed by atoms with van der Waals surface area (Å²) < 4.78 is 0. The number of hydrogen-bond donors (Lipinski definition) is 2. The average molecular weight is 265 g/mol. The normalized spacial score (nSPS) is 31.6. The molecule has 5 heteroatoms. The van der Waals surface area contributed by atoms with E-state index in [1.54, 1.807) is 0 Å². The van der Waals surface area contributed by atoms with E-state index in [1.807, 2.05) is 12.3 Å². The molecule has 3 rings (SSSR count). The predicted molar refractivity (Wildman–Crippen MR) is 72.3 cm³/mol. The van der Waals surface area contributed by atoms with Gasteiger partial charge < -0.3 is 11.1 Å². The van der Waals surface area contributed by atoms with Crippen molar-refractivity contribution in [2.75, 3.05) is 5.32 Å². The van der Waals surface area contributed by atoms with Crippen molar-refractivity contribution >= 4 is 22.4 Å². The summed E-state index contributed by atoms with van der Waals surface area (Å²) in [4.78, 5) is 16.5. The van der Waals surface area contributed by atoms with Crippen molar-refractivity contribution in [3.05, 3.63) is 11.1 Å². The molecule has 0 bridgehead atoms. The quantitative estimate of drug-likeness (QED) is 0.882. The minimum Gasteiger partial charge on any atom is -0.323 e. The van der Waals surface area contributed by atoms with Gasteiger partial charge in [0.05, 0.1) is 5.69 Å². The maximum atomic E-state index is 12.1. The van der Waals surface area contributed by atoms with E-state index in [0.717, 1.165) is 5.69 Å². The van der Waals surface area contributed by atoms with Crippen LogP contribution in [-0.4, -0.2) is 10.9 Å². The summed E-state index contributed by atoms with van der Waals surface area (Å²) in [6.07, 6.45) is 5.03. The van der Waals surface area contributed by atoms with E-state index in [2.05, 4.69) is 10.3 Å². The number of thiazole rings is 1. The highest BCUT2D eigenvalue weighted by Crippen LogP contribution is 2.55. The molecule has 1 aromatic rings. The zero-order valence-corrected chi connectivity index (χ0v) is 11.4. The third kappa shape index (κ3) is 2.17. The van der Waals surface area contributed by atoms with Crippen LogP contribution in [0.2, 0.25) is 0 Å². The smallest absolute Gasteiger partial charge is 0.229 e. The van der Waals surface area contributed by atoms with Crippen LogP contribution in [0.1, 0.15) is 44.3 Å². The molecular formula is C13H19N3OS. The van der Waals surface area contributed by atoms with Crippen molar-refractivity contribution in [1.82, 2.24) is 4.98 Å². The molecule has 2 aliphatic carbocycles. The van der Waals surface area contributed by atoms with Crippen LogP contribution in [0.5, 0.6) is 0 Å². The van der Waals surface area contributed by atoms with Crippen LogP contribution in [0.4, 0.5) is 5.13 Å². The molecule has 0 aromatic carbocycles. The zero-order chi connectivity index (χ0) is 12.7. The molecule has 2 aliphatic rings. The highest BCUT2D eigenvalue weighted by Gasteiger charge is 2.54. The number of carbonyl (C=O) groups is 1. The molecule has 0 radical (unpaired) electrons. The van der Waals surface area contributed by atoms with Crippen LogP contribution in [0.15, 0.2) is 5.38 Å². The first-order chi connectivity index (χ1) is 8.66. The molecule has 98 valence electrons. The van der Waals surface area contributed by atoms with Gasteiger partial charge in [0.25, 0.3) is 0 Å². The van der Waals surface area contributed by atoms with Crippen LogP contribution in [0.3, 0.4) is 0 Å². The van der Waals surface area contributed by atoms with E-state index in [9.17, 15) is 4.79 Å². The Morgan fingerprint density at radius 2 is 2.17 bits per heavy atom. The summed E-state index contributed by atoms with van der Waals surface area (Å²) in [5.41, 5.74) is 6.61. The number of fused-ring (bicyclic) bond motifs is 1. The first-order valence-corrected chi connectivity index (χ1v) is 7.56. The van der Waals surface area contributed by atoms with Crippen molar-refractivity contribution in [3.63, 3.8) is 0 Å². The second-order valence-electron chi connectivity index (χ2n) is 5.49. The summed E-state index contributed by atoms with van der Waals surface area (Å²) >= 11 is 1.46. The van der Waals surface area contributed by atoms with Crippen LogP contribution in [0.25, 0.3) is 0 Å². The summed E-state index contributed by atoms with van der Waals surface area (Å²) in [6, 6.07) is -0.0737. The molecule has 3 unspecified atom stereocenters. The number of carbonyl (C=O) groups excluding carboxylic acids is 1. The monoisotopic (exact) mass is 265 g/mol. The highest BCUT2D eigenvalue weighted by atomic mass is 32.1. The molecule has 1 aromatic heterocycles. The van der Waals surface area contributed by atoms with Gasteiger partial charge in [0.15, 0.2) is 5.13 Å². The molecule has 0 saturated heterocycles. The maximum absolute atomic E-state index is 12.1. The average Bonchev–Trinajstić information content (AvgIpc) is 2.90. The number of nitrogens with zero attached hydrogens (tertiary/aromatic N) is 1. The van der Waals surface area contributed by atoms with Crippen LogP contribution < -0.4 is 11.1 Å². The number of rotatable bonds is 3. The fraction of sp³-hybridized carbons (Fsp3) is 0.692. The van der Waals surface area contributed by atoms with E-state index in [1.165, 1.54) is 37.0 Å². The largest absolute Gasteiger partial charge is 0.323 e. The van der Waals surface area contributed by atoms with E-state index in [-0.39, 0.29) is 17.9 Å². The Labute approximate surface area is 111 Å². The van der Waals surface area contributed by atoms with E-state index in [4.69, 9.17) is 5.73 Å². The SMILES string of the molecule is CC(N)c1csc(NC(=O)C2C3CCCCC32)n1. The van der Waals surface area contributed by atoms with Gasteiger partial charge in [-0.2, -0.15) is 0 Å². The molecular weight excluding hydrogens is 246 g/mol. The summed E-state index contributed by atoms with van der Waals surface area (Å²) in [7, 11) is 0. The lowest BCUT2D eigenvalue weighted by Crippen LogP contribution is -2.15. The Morgan fingerprint density at radius 1 is 1.50 bits per heavy atom. The van der Waals surface area contributed by atoms with Gasteiger partial charge in [-0.05, 0) is 31.6 Å². The molecule has 4 nitrogen and oxygen atoms in total.